The van der Waals surface area contributed by atoms with Crippen molar-refractivity contribution in [2.24, 2.45) is 0 Å². The van der Waals surface area contributed by atoms with Gasteiger partial charge < -0.3 is 15.3 Å². The number of nitro groups is 1. The fourth-order valence-electron chi connectivity index (χ4n) is 1.38. The Morgan fingerprint density at radius 3 is 2.59 bits per heavy atom. The van der Waals surface area contributed by atoms with Crippen molar-refractivity contribution in [1.82, 2.24) is 4.90 Å². The maximum atomic E-state index is 12.2. The number of benzene rings is 1. The van der Waals surface area contributed by atoms with Crippen LogP contribution in [0.15, 0.2) is 18.2 Å². The average Bonchev–Trinajstić information content (AvgIpc) is 2.39. The van der Waals surface area contributed by atoms with Crippen LogP contribution in [0, 0.1) is 10.1 Å². The van der Waals surface area contributed by atoms with Crippen LogP contribution in [0.1, 0.15) is 0 Å². The fraction of sp³-hybridized carbons (Fsp3) is 0.364. The van der Waals surface area contributed by atoms with Crippen molar-refractivity contribution in [2.75, 3.05) is 18.9 Å². The van der Waals surface area contributed by atoms with Gasteiger partial charge in [0.15, 0.2) is 6.10 Å². The molecule has 22 heavy (non-hydrogen) atoms. The highest BCUT2D eigenvalue weighted by atomic mass is 35.5. The predicted molar refractivity (Wildman–Crippen MR) is 71.8 cm³/mol. The summed E-state index contributed by atoms with van der Waals surface area (Å²) in [6, 6.07) is 2.25. The highest BCUT2D eigenvalue weighted by Crippen LogP contribution is 2.27. The smallest absolute Gasteiger partial charge is 0.382 e. The van der Waals surface area contributed by atoms with E-state index in [1.165, 1.54) is 0 Å². The summed E-state index contributed by atoms with van der Waals surface area (Å²) in [5.41, 5.74) is -0.311. The standard InChI is InChI=1S/C11H11ClF3N3O4/c1-17(5-9(19)11(13,14)15)10(20)16-8-3-2-6(18(21)22)4-7(8)12/h2-4,9,19H,5H2,1H3,(H,16,20). The second-order valence-electron chi connectivity index (χ2n) is 4.29. The number of amides is 2. The van der Waals surface area contributed by atoms with Gasteiger partial charge in [0.1, 0.15) is 0 Å². The lowest BCUT2D eigenvalue weighted by molar-refractivity contribution is -0.384. The Hall–Kier alpha value is -2.07. The quantitative estimate of drug-likeness (QED) is 0.650. The van der Waals surface area contributed by atoms with Gasteiger partial charge in [-0.15, -0.1) is 0 Å². The van der Waals surface area contributed by atoms with Crippen LogP contribution >= 0.6 is 11.6 Å². The van der Waals surface area contributed by atoms with Gasteiger partial charge >= 0.3 is 12.2 Å². The number of likely N-dealkylation sites (N-methyl/N-ethyl adjacent to an activating group) is 1. The van der Waals surface area contributed by atoms with Crippen molar-refractivity contribution in [3.05, 3.63) is 33.3 Å². The Morgan fingerprint density at radius 2 is 2.14 bits per heavy atom. The first kappa shape index (κ1) is 18.0. The van der Waals surface area contributed by atoms with E-state index in [1.807, 2.05) is 0 Å². The molecule has 2 N–H and O–H groups in total. The number of aliphatic hydroxyl groups is 1. The molecule has 2 amide bonds. The zero-order chi connectivity index (χ0) is 17.1. The van der Waals surface area contributed by atoms with Gasteiger partial charge in [0.05, 0.1) is 22.2 Å². The first-order valence-corrected chi connectivity index (χ1v) is 6.11. The third-order valence-corrected chi connectivity index (χ3v) is 2.89. The molecule has 0 aliphatic rings. The highest BCUT2D eigenvalue weighted by Gasteiger charge is 2.39. The lowest BCUT2D eigenvalue weighted by Crippen LogP contribution is -2.43. The Morgan fingerprint density at radius 1 is 1.55 bits per heavy atom. The zero-order valence-corrected chi connectivity index (χ0v) is 11.9. The van der Waals surface area contributed by atoms with Crippen LogP contribution < -0.4 is 5.32 Å². The number of carbonyl (C=O) groups is 1. The SMILES string of the molecule is CN(CC(O)C(F)(F)F)C(=O)Nc1ccc([N+](=O)[O-])cc1Cl. The predicted octanol–water partition coefficient (Wildman–Crippen LogP) is 2.64. The summed E-state index contributed by atoms with van der Waals surface area (Å²) in [5, 5.41) is 21.4. The number of nitrogens with zero attached hydrogens (tertiary/aromatic N) is 2. The summed E-state index contributed by atoms with van der Waals surface area (Å²) in [6.45, 7) is -0.972. The lowest BCUT2D eigenvalue weighted by atomic mass is 10.3. The summed E-state index contributed by atoms with van der Waals surface area (Å²) in [5.74, 6) is 0. The lowest BCUT2D eigenvalue weighted by Gasteiger charge is -2.22. The van der Waals surface area contributed by atoms with Crippen LogP contribution in [0.5, 0.6) is 0 Å². The second-order valence-corrected chi connectivity index (χ2v) is 4.70. The van der Waals surface area contributed by atoms with Crippen LogP contribution in [-0.2, 0) is 0 Å². The van der Waals surface area contributed by atoms with Gasteiger partial charge in [-0.3, -0.25) is 10.1 Å². The highest BCUT2D eigenvalue weighted by molar-refractivity contribution is 6.33. The Balaban J connectivity index is 2.74. The molecule has 0 bridgehead atoms. The molecule has 1 unspecified atom stereocenters. The number of halogens is 4. The topological polar surface area (TPSA) is 95.7 Å². The molecule has 0 radical (unpaired) electrons. The number of hydrogen-bond donors (Lipinski definition) is 2. The van der Waals surface area contributed by atoms with Crippen LogP contribution in [0.4, 0.5) is 29.3 Å². The molecule has 7 nitrogen and oxygen atoms in total. The molecule has 122 valence electrons. The molecule has 0 heterocycles. The molecule has 1 aromatic rings. The molecule has 0 aromatic heterocycles. The summed E-state index contributed by atoms with van der Waals surface area (Å²) >= 11 is 5.73. The Bertz CT molecular complexity index is 582. The molecule has 0 aliphatic heterocycles. The van der Waals surface area contributed by atoms with Gasteiger partial charge in [-0.2, -0.15) is 13.2 Å². The minimum absolute atomic E-state index is 0.00869. The number of rotatable bonds is 4. The third-order valence-electron chi connectivity index (χ3n) is 2.58. The summed E-state index contributed by atoms with van der Waals surface area (Å²) in [4.78, 5) is 22.1. The molecule has 11 heteroatoms. The van der Waals surface area contributed by atoms with Gasteiger partial charge in [0.2, 0.25) is 0 Å². The molecule has 0 spiro atoms. The molecular formula is C11H11ClF3N3O4. The van der Waals surface area contributed by atoms with E-state index in [2.05, 4.69) is 5.32 Å². The van der Waals surface area contributed by atoms with Gasteiger partial charge in [0.25, 0.3) is 5.69 Å². The molecule has 0 aliphatic carbocycles. The van der Waals surface area contributed by atoms with E-state index in [1.54, 1.807) is 0 Å². The molecule has 0 saturated carbocycles. The van der Waals surface area contributed by atoms with Crippen molar-refractivity contribution in [1.29, 1.82) is 0 Å². The maximum absolute atomic E-state index is 12.2. The van der Waals surface area contributed by atoms with Gasteiger partial charge in [-0.1, -0.05) is 11.6 Å². The fourth-order valence-corrected chi connectivity index (χ4v) is 1.60. The molecule has 0 saturated heterocycles. The van der Waals surface area contributed by atoms with Crippen molar-refractivity contribution in [2.45, 2.75) is 12.3 Å². The number of aliphatic hydroxyl groups excluding tert-OH is 1. The Kier molecular flexibility index (Phi) is 5.55. The normalized spacial score (nSPS) is 12.6. The first-order valence-electron chi connectivity index (χ1n) is 5.73. The monoisotopic (exact) mass is 341 g/mol. The van der Waals surface area contributed by atoms with Crippen LogP contribution in [-0.4, -0.2) is 46.8 Å². The number of alkyl halides is 3. The summed E-state index contributed by atoms with van der Waals surface area (Å²) in [6.07, 6.45) is -7.53. The first-order chi connectivity index (χ1) is 10.0. The van der Waals surface area contributed by atoms with E-state index in [-0.39, 0.29) is 16.4 Å². The summed E-state index contributed by atoms with van der Waals surface area (Å²) in [7, 11) is 1.05. The minimum atomic E-state index is -4.85. The van der Waals surface area contributed by atoms with Crippen molar-refractivity contribution >= 4 is 29.0 Å². The van der Waals surface area contributed by atoms with Gasteiger partial charge in [0, 0.05) is 19.2 Å². The van der Waals surface area contributed by atoms with E-state index in [9.17, 15) is 28.1 Å². The van der Waals surface area contributed by atoms with Gasteiger partial charge in [-0.05, 0) is 6.07 Å². The zero-order valence-electron chi connectivity index (χ0n) is 11.1. The van der Waals surface area contributed by atoms with Gasteiger partial charge in [-0.25, -0.2) is 4.79 Å². The second kappa shape index (κ2) is 6.79. The molecular weight excluding hydrogens is 331 g/mol. The van der Waals surface area contributed by atoms with Crippen LogP contribution in [0.25, 0.3) is 0 Å². The number of hydrogen-bond acceptors (Lipinski definition) is 4. The average molecular weight is 342 g/mol. The van der Waals surface area contributed by atoms with Crippen molar-refractivity contribution in [3.8, 4) is 0 Å². The number of urea groups is 1. The number of nitrogens with one attached hydrogen (secondary N) is 1. The Labute approximate surface area is 127 Å². The number of anilines is 1. The molecule has 1 atom stereocenters. The third kappa shape index (κ3) is 4.74. The molecule has 1 aromatic carbocycles. The van der Waals surface area contributed by atoms with E-state index < -0.39 is 29.8 Å². The number of carbonyl (C=O) groups excluding carboxylic acids is 1. The van der Waals surface area contributed by atoms with Crippen molar-refractivity contribution < 1.29 is 28.0 Å². The van der Waals surface area contributed by atoms with E-state index in [4.69, 9.17) is 16.7 Å². The largest absolute Gasteiger partial charge is 0.416 e. The van der Waals surface area contributed by atoms with E-state index in [0.717, 1.165) is 25.2 Å². The van der Waals surface area contributed by atoms with Crippen LogP contribution in [0.2, 0.25) is 5.02 Å². The maximum Gasteiger partial charge on any atom is 0.416 e. The van der Waals surface area contributed by atoms with Crippen molar-refractivity contribution in [3.63, 3.8) is 0 Å². The minimum Gasteiger partial charge on any atom is -0.382 e. The molecule has 0 fully saturated rings. The van der Waals surface area contributed by atoms with Crippen LogP contribution in [0.3, 0.4) is 0 Å². The number of nitro benzene ring substituents is 1. The van der Waals surface area contributed by atoms with E-state index >= 15 is 0 Å². The number of non-ortho nitro benzene ring substituents is 1. The summed E-state index contributed by atoms with van der Waals surface area (Å²) < 4.78 is 36.6. The van der Waals surface area contributed by atoms with E-state index in [0.29, 0.717) is 4.90 Å². The molecule has 1 rings (SSSR count).